The molecule has 1 unspecified atom stereocenters. The molecular weight excluding hydrogens is 593 g/mol. The fraction of sp³-hybridized carbons (Fsp3) is 0.560. The molecule has 0 bridgehead atoms. The summed E-state index contributed by atoms with van der Waals surface area (Å²) >= 11 is 0. The second-order valence-corrected chi connectivity index (χ2v) is 11.5. The summed E-state index contributed by atoms with van der Waals surface area (Å²) in [5, 5.41) is 15.6. The SMILES string of the molecule is CC(Cn1cnc2c(N)ncnc21)OC(OCOC(=O)C(C)(C)C)(OCOC(=O)C(C)(C)C)P=O.O=C(O)/C=C\C(=O)O. The van der Waals surface area contributed by atoms with Crippen LogP contribution in [0.2, 0.25) is 0 Å². The van der Waals surface area contributed by atoms with Crippen LogP contribution in [-0.4, -0.2) is 79.0 Å². The molecule has 2 rings (SSSR count). The van der Waals surface area contributed by atoms with Gasteiger partial charge in [0.1, 0.15) is 11.8 Å². The molecule has 0 amide bonds. The van der Waals surface area contributed by atoms with Crippen molar-refractivity contribution in [2.45, 2.75) is 66.8 Å². The Bertz CT molecular complexity index is 1270. The van der Waals surface area contributed by atoms with Crippen molar-refractivity contribution in [3.05, 3.63) is 24.8 Å². The van der Waals surface area contributed by atoms with Gasteiger partial charge in [-0.25, -0.2) is 24.5 Å². The van der Waals surface area contributed by atoms with E-state index in [1.54, 1.807) is 53.0 Å². The van der Waals surface area contributed by atoms with E-state index in [1.807, 2.05) is 0 Å². The quantitative estimate of drug-likeness (QED) is 0.125. The minimum Gasteiger partial charge on any atom is -0.478 e. The monoisotopic (exact) mass is 629 g/mol. The Hall–Kier alpha value is -4.05. The number of hydrogen-bond donors (Lipinski definition) is 3. The normalized spacial score (nSPS) is 12.9. The van der Waals surface area contributed by atoms with E-state index < -0.39 is 68.6 Å². The molecule has 1 atom stereocenters. The smallest absolute Gasteiger partial charge is 0.374 e. The zero-order chi connectivity index (χ0) is 33.0. The Balaban J connectivity index is 0.00000101. The van der Waals surface area contributed by atoms with E-state index in [9.17, 15) is 23.7 Å². The van der Waals surface area contributed by atoms with Crippen LogP contribution in [0.15, 0.2) is 24.8 Å². The Morgan fingerprint density at radius 1 is 0.930 bits per heavy atom. The zero-order valence-corrected chi connectivity index (χ0v) is 25.7. The number of nitrogen functional groups attached to an aromatic ring is 1. The molecule has 2 aromatic rings. The minimum absolute atomic E-state index is 0.181. The molecule has 0 aliphatic rings. The van der Waals surface area contributed by atoms with Crippen molar-refractivity contribution in [1.82, 2.24) is 19.5 Å². The zero-order valence-electron chi connectivity index (χ0n) is 24.8. The lowest BCUT2D eigenvalue weighted by molar-refractivity contribution is -0.367. The number of carbonyl (C=O) groups excluding carboxylic acids is 2. The van der Waals surface area contributed by atoms with E-state index in [0.717, 1.165) is 0 Å². The number of nitrogens with zero attached hydrogens (tertiary/aromatic N) is 4. The molecule has 17 nitrogen and oxygen atoms in total. The highest BCUT2D eigenvalue weighted by atomic mass is 31.1. The Morgan fingerprint density at radius 2 is 1.42 bits per heavy atom. The van der Waals surface area contributed by atoms with E-state index in [-0.39, 0.29) is 12.4 Å². The molecule has 0 aromatic carbocycles. The average molecular weight is 630 g/mol. The molecule has 2 heterocycles. The number of hydrogen-bond acceptors (Lipinski definition) is 14. The number of rotatable bonds is 13. The van der Waals surface area contributed by atoms with Gasteiger partial charge in [0, 0.05) is 12.2 Å². The third kappa shape index (κ3) is 12.8. The summed E-state index contributed by atoms with van der Waals surface area (Å²) in [6, 6.07) is 0. The molecule has 238 valence electrons. The lowest BCUT2D eigenvalue weighted by Gasteiger charge is -2.30. The molecule has 43 heavy (non-hydrogen) atoms. The second-order valence-electron chi connectivity index (χ2n) is 10.8. The predicted octanol–water partition coefficient (Wildman–Crippen LogP) is 2.56. The molecule has 4 N–H and O–H groups in total. The fourth-order valence-electron chi connectivity index (χ4n) is 2.68. The summed E-state index contributed by atoms with van der Waals surface area (Å²) in [7, 11) is -0.759. The van der Waals surface area contributed by atoms with E-state index in [0.29, 0.717) is 23.3 Å². The Morgan fingerprint density at radius 3 is 1.84 bits per heavy atom. The highest BCUT2D eigenvalue weighted by molar-refractivity contribution is 7.25. The number of esters is 2. The molecular formula is C25H36N5O12P. The average Bonchev–Trinajstić information content (AvgIpc) is 3.30. The van der Waals surface area contributed by atoms with Crippen LogP contribution in [0.1, 0.15) is 48.5 Å². The highest BCUT2D eigenvalue weighted by Crippen LogP contribution is 2.31. The van der Waals surface area contributed by atoms with Gasteiger partial charge in [0.15, 0.2) is 25.1 Å². The summed E-state index contributed by atoms with van der Waals surface area (Å²) in [5.41, 5.74) is 2.90. The van der Waals surface area contributed by atoms with Crippen LogP contribution in [-0.2, 0) is 54.0 Å². The molecule has 0 spiro atoms. The number of anilines is 1. The van der Waals surface area contributed by atoms with Gasteiger partial charge in [-0.05, 0) is 48.5 Å². The van der Waals surface area contributed by atoms with Gasteiger partial charge in [-0.3, -0.25) is 23.6 Å². The molecule has 2 aromatic heterocycles. The topological polar surface area (TPSA) is 242 Å². The predicted molar refractivity (Wildman–Crippen MR) is 148 cm³/mol. The number of carbonyl (C=O) groups is 4. The first-order valence-electron chi connectivity index (χ1n) is 12.5. The van der Waals surface area contributed by atoms with Gasteiger partial charge in [-0.1, -0.05) is 0 Å². The van der Waals surface area contributed by atoms with Crippen molar-refractivity contribution >= 4 is 49.3 Å². The summed E-state index contributed by atoms with van der Waals surface area (Å²) in [4.78, 5) is 55.5. The third-order valence-corrected chi connectivity index (χ3v) is 5.39. The highest BCUT2D eigenvalue weighted by Gasteiger charge is 2.40. The number of fused-ring (bicyclic) bond motifs is 1. The molecule has 0 aliphatic heterocycles. The van der Waals surface area contributed by atoms with Gasteiger partial charge in [0.2, 0.25) is 0 Å². The Kier molecular flexibility index (Phi) is 13.7. The molecule has 0 saturated heterocycles. The number of carboxylic acid groups (broad SMARTS) is 2. The van der Waals surface area contributed by atoms with Crippen LogP contribution in [0.3, 0.4) is 0 Å². The first-order valence-corrected chi connectivity index (χ1v) is 13.3. The number of nitrogens with two attached hydrogens (primary N) is 1. The van der Waals surface area contributed by atoms with Crippen molar-refractivity contribution < 1.29 is 57.6 Å². The largest absolute Gasteiger partial charge is 0.478 e. The van der Waals surface area contributed by atoms with Crippen LogP contribution in [0.4, 0.5) is 5.82 Å². The van der Waals surface area contributed by atoms with Crippen molar-refractivity contribution in [1.29, 1.82) is 0 Å². The van der Waals surface area contributed by atoms with Gasteiger partial charge in [0.05, 0.1) is 29.8 Å². The summed E-state index contributed by atoms with van der Waals surface area (Å²) in [6.45, 7) is 10.6. The van der Waals surface area contributed by atoms with E-state index in [4.69, 9.17) is 39.6 Å². The van der Waals surface area contributed by atoms with E-state index in [2.05, 4.69) is 15.0 Å². The van der Waals surface area contributed by atoms with Gasteiger partial charge in [-0.15, -0.1) is 0 Å². The molecule has 18 heteroatoms. The van der Waals surface area contributed by atoms with Gasteiger partial charge < -0.3 is 34.7 Å². The second kappa shape index (κ2) is 16.0. The maximum absolute atomic E-state index is 12.2. The van der Waals surface area contributed by atoms with Crippen LogP contribution in [0.5, 0.6) is 0 Å². The summed E-state index contributed by atoms with van der Waals surface area (Å²) < 4.78 is 40.6. The number of aliphatic carboxylic acids is 2. The maximum atomic E-state index is 12.2. The van der Waals surface area contributed by atoms with Gasteiger partial charge in [0.25, 0.3) is 8.46 Å². The fourth-order valence-corrected chi connectivity index (χ4v) is 3.11. The molecule has 0 saturated carbocycles. The van der Waals surface area contributed by atoms with Crippen molar-refractivity contribution in [2.75, 3.05) is 19.3 Å². The summed E-state index contributed by atoms with van der Waals surface area (Å²) in [5.74, 6) is -3.39. The number of imidazole rings is 1. The first-order chi connectivity index (χ1) is 19.8. The Labute approximate surface area is 248 Å². The first kappa shape index (κ1) is 37.0. The van der Waals surface area contributed by atoms with Crippen molar-refractivity contribution in [3.8, 4) is 0 Å². The van der Waals surface area contributed by atoms with Crippen LogP contribution < -0.4 is 5.73 Å². The third-order valence-electron chi connectivity index (χ3n) is 4.80. The van der Waals surface area contributed by atoms with Crippen molar-refractivity contribution in [2.24, 2.45) is 10.8 Å². The van der Waals surface area contributed by atoms with Gasteiger partial charge in [-0.2, -0.15) is 0 Å². The number of aromatic nitrogens is 4. The van der Waals surface area contributed by atoms with Crippen LogP contribution >= 0.6 is 8.46 Å². The van der Waals surface area contributed by atoms with E-state index >= 15 is 0 Å². The van der Waals surface area contributed by atoms with Gasteiger partial charge >= 0.3 is 29.6 Å². The lowest BCUT2D eigenvalue weighted by atomic mass is 9.98. The molecule has 0 fully saturated rings. The van der Waals surface area contributed by atoms with Crippen LogP contribution in [0.25, 0.3) is 11.2 Å². The number of carboxylic acids is 2. The van der Waals surface area contributed by atoms with Crippen LogP contribution in [0, 0.1) is 10.8 Å². The maximum Gasteiger partial charge on any atom is 0.374 e. The minimum atomic E-state index is -2.24. The lowest BCUT2D eigenvalue weighted by Crippen LogP contribution is -2.40. The summed E-state index contributed by atoms with van der Waals surface area (Å²) in [6.07, 6.45) is 3.23. The van der Waals surface area contributed by atoms with Crippen molar-refractivity contribution in [3.63, 3.8) is 0 Å². The standard InChI is InChI=1S/C21H32N5O8P.C4H4O4/c1-13(8-26-10-25-14-15(22)23-9-24-16(14)26)34-21(35-29,32-11-30-17(27)19(2,3)4)33-12-31-18(28)20(5,6)7;5-3(6)1-2-4(7)8/h9-10,13H,8,11-12H2,1-7H3,(H2,22,23,24);1-2H,(H,5,6)(H,7,8)/b;2-1-. The number of ether oxygens (including phenoxy) is 5. The molecule has 0 radical (unpaired) electrons. The van der Waals surface area contributed by atoms with E-state index in [1.165, 1.54) is 12.7 Å². The molecule has 0 aliphatic carbocycles.